The Hall–Kier alpha value is -2.87. The molecule has 3 aromatic rings. The van der Waals surface area contributed by atoms with E-state index in [-0.39, 0.29) is 4.90 Å². The zero-order valence-electron chi connectivity index (χ0n) is 12.7. The Morgan fingerprint density at radius 3 is 2.46 bits per heavy atom. The highest BCUT2D eigenvalue weighted by Gasteiger charge is 2.17. The molecule has 0 unspecified atom stereocenters. The van der Waals surface area contributed by atoms with Crippen LogP contribution in [0.2, 0.25) is 0 Å². The van der Waals surface area contributed by atoms with Gasteiger partial charge < -0.3 is 10.7 Å². The van der Waals surface area contributed by atoms with Crippen molar-refractivity contribution in [2.24, 2.45) is 0 Å². The number of halogens is 1. The van der Waals surface area contributed by atoms with Gasteiger partial charge in [0.15, 0.2) is 5.95 Å². The van der Waals surface area contributed by atoms with E-state index in [0.717, 1.165) is 17.3 Å². The summed E-state index contributed by atoms with van der Waals surface area (Å²) < 4.78 is 40.5. The molecule has 24 heavy (non-hydrogen) atoms. The summed E-state index contributed by atoms with van der Waals surface area (Å²) in [7, 11) is -3.79. The fourth-order valence-electron chi connectivity index (χ4n) is 2.33. The topological polar surface area (TPSA) is 101 Å². The van der Waals surface area contributed by atoms with E-state index in [1.165, 1.54) is 12.1 Å². The van der Waals surface area contributed by atoms with Crippen molar-refractivity contribution in [3.8, 4) is 11.3 Å². The maximum absolute atomic E-state index is 13.1. The van der Waals surface area contributed by atoms with Crippen LogP contribution in [0.15, 0.2) is 53.6 Å². The number of anilines is 2. The second kappa shape index (κ2) is 5.97. The fraction of sp³-hybridized carbons (Fsp3) is 0.0625. The summed E-state index contributed by atoms with van der Waals surface area (Å²) in [5.41, 5.74) is 7.82. The maximum atomic E-state index is 13.1. The Bertz CT molecular complexity index is 982. The summed E-state index contributed by atoms with van der Waals surface area (Å²) in [5.74, 6) is -0.170. The van der Waals surface area contributed by atoms with Gasteiger partial charge in [0.1, 0.15) is 5.82 Å². The molecule has 1 heterocycles. The van der Waals surface area contributed by atoms with Crippen LogP contribution in [0.4, 0.5) is 16.0 Å². The highest BCUT2D eigenvalue weighted by molar-refractivity contribution is 7.92. The number of imidazole rings is 1. The predicted octanol–water partition coefficient (Wildman–Crippen LogP) is 2.91. The average molecular weight is 346 g/mol. The minimum atomic E-state index is -3.79. The molecule has 0 saturated heterocycles. The molecular weight excluding hydrogens is 331 g/mol. The molecule has 0 radical (unpaired) electrons. The van der Waals surface area contributed by atoms with Crippen LogP contribution in [0.1, 0.15) is 5.56 Å². The van der Waals surface area contributed by atoms with Crippen LogP contribution < -0.4 is 10.5 Å². The smallest absolute Gasteiger partial charge is 0.262 e. The zero-order chi connectivity index (χ0) is 17.3. The summed E-state index contributed by atoms with van der Waals surface area (Å²) in [5, 5.41) is 0. The van der Waals surface area contributed by atoms with Crippen molar-refractivity contribution >= 4 is 21.7 Å². The van der Waals surface area contributed by atoms with E-state index in [0.29, 0.717) is 17.2 Å². The number of rotatable bonds is 4. The lowest BCUT2D eigenvalue weighted by Crippen LogP contribution is -2.14. The van der Waals surface area contributed by atoms with Gasteiger partial charge in [-0.1, -0.05) is 12.1 Å². The lowest BCUT2D eigenvalue weighted by atomic mass is 10.1. The lowest BCUT2D eigenvalue weighted by molar-refractivity contribution is 0.598. The van der Waals surface area contributed by atoms with Crippen molar-refractivity contribution < 1.29 is 12.8 Å². The van der Waals surface area contributed by atoms with Crippen molar-refractivity contribution in [3.05, 3.63) is 60.0 Å². The number of nitrogens with one attached hydrogen (secondary N) is 2. The van der Waals surface area contributed by atoms with Gasteiger partial charge in [-0.2, -0.15) is 0 Å². The van der Waals surface area contributed by atoms with E-state index in [4.69, 9.17) is 5.73 Å². The first-order valence-electron chi connectivity index (χ1n) is 7.05. The van der Waals surface area contributed by atoms with Crippen LogP contribution in [0.5, 0.6) is 0 Å². The van der Waals surface area contributed by atoms with E-state index >= 15 is 0 Å². The molecule has 8 heteroatoms. The minimum Gasteiger partial charge on any atom is -0.369 e. The largest absolute Gasteiger partial charge is 0.369 e. The van der Waals surface area contributed by atoms with Gasteiger partial charge in [-0.05, 0) is 48.4 Å². The van der Waals surface area contributed by atoms with Crippen molar-refractivity contribution in [1.29, 1.82) is 0 Å². The van der Waals surface area contributed by atoms with E-state index in [2.05, 4.69) is 14.7 Å². The van der Waals surface area contributed by atoms with Gasteiger partial charge in [-0.25, -0.2) is 17.8 Å². The number of nitrogens with two attached hydrogens (primary N) is 1. The van der Waals surface area contributed by atoms with Crippen molar-refractivity contribution in [2.75, 3.05) is 10.5 Å². The third-order valence-electron chi connectivity index (χ3n) is 3.47. The van der Waals surface area contributed by atoms with Crippen LogP contribution in [0.25, 0.3) is 11.3 Å². The van der Waals surface area contributed by atoms with E-state index < -0.39 is 15.8 Å². The molecule has 0 fully saturated rings. The molecule has 0 amide bonds. The molecule has 0 spiro atoms. The molecule has 0 bridgehead atoms. The van der Waals surface area contributed by atoms with Crippen LogP contribution in [-0.4, -0.2) is 18.4 Å². The second-order valence-electron chi connectivity index (χ2n) is 5.27. The number of sulfonamides is 1. The Balaban J connectivity index is 1.85. The number of nitrogen functional groups attached to an aromatic ring is 1. The number of nitrogens with zero attached hydrogens (tertiary/aromatic N) is 1. The van der Waals surface area contributed by atoms with E-state index in [1.807, 2.05) is 0 Å². The number of hydrogen-bond donors (Lipinski definition) is 3. The van der Waals surface area contributed by atoms with Crippen molar-refractivity contribution in [1.82, 2.24) is 9.97 Å². The van der Waals surface area contributed by atoms with Gasteiger partial charge in [0, 0.05) is 5.69 Å². The Labute approximate surface area is 138 Å². The molecule has 3 rings (SSSR count). The highest BCUT2D eigenvalue weighted by atomic mass is 32.2. The zero-order valence-corrected chi connectivity index (χ0v) is 13.6. The number of aromatic nitrogens is 2. The minimum absolute atomic E-state index is 0.0364. The Morgan fingerprint density at radius 2 is 1.88 bits per heavy atom. The summed E-state index contributed by atoms with van der Waals surface area (Å²) in [6.45, 7) is 1.55. The quantitative estimate of drug-likeness (QED) is 0.676. The monoisotopic (exact) mass is 346 g/mol. The lowest BCUT2D eigenvalue weighted by Gasteiger charge is -2.10. The second-order valence-corrected chi connectivity index (χ2v) is 6.93. The third kappa shape index (κ3) is 3.23. The molecule has 6 nitrogen and oxygen atoms in total. The van der Waals surface area contributed by atoms with Gasteiger partial charge in [-0.3, -0.25) is 4.72 Å². The molecule has 124 valence electrons. The molecule has 0 atom stereocenters. The SMILES string of the molecule is Cc1cc(F)ccc1S(=O)(=O)Nc1ccc(-c2cnc(N)[nH]2)cc1. The first-order chi connectivity index (χ1) is 11.3. The van der Waals surface area contributed by atoms with Gasteiger partial charge in [0.25, 0.3) is 10.0 Å². The van der Waals surface area contributed by atoms with Gasteiger partial charge >= 0.3 is 0 Å². The summed E-state index contributed by atoms with van der Waals surface area (Å²) in [6.07, 6.45) is 1.59. The summed E-state index contributed by atoms with van der Waals surface area (Å²) >= 11 is 0. The summed E-state index contributed by atoms with van der Waals surface area (Å²) in [4.78, 5) is 6.84. The van der Waals surface area contributed by atoms with Crippen LogP contribution >= 0.6 is 0 Å². The highest BCUT2D eigenvalue weighted by Crippen LogP contribution is 2.23. The molecule has 0 aliphatic rings. The number of hydrogen-bond acceptors (Lipinski definition) is 4. The van der Waals surface area contributed by atoms with Crippen LogP contribution in [0, 0.1) is 12.7 Å². The first-order valence-corrected chi connectivity index (χ1v) is 8.53. The number of benzene rings is 2. The predicted molar refractivity (Wildman–Crippen MR) is 90.4 cm³/mol. The van der Waals surface area contributed by atoms with Crippen LogP contribution in [0.3, 0.4) is 0 Å². The molecule has 2 aromatic carbocycles. The van der Waals surface area contributed by atoms with E-state index in [1.54, 1.807) is 37.4 Å². The maximum Gasteiger partial charge on any atom is 0.262 e. The molecule has 4 N–H and O–H groups in total. The number of aryl methyl sites for hydroxylation is 1. The molecular formula is C16H15FN4O2S. The Morgan fingerprint density at radius 1 is 1.17 bits per heavy atom. The average Bonchev–Trinajstić information content (AvgIpc) is 2.93. The number of H-pyrrole nitrogens is 1. The van der Waals surface area contributed by atoms with Crippen LogP contribution in [-0.2, 0) is 10.0 Å². The van der Waals surface area contributed by atoms with Gasteiger partial charge in [-0.15, -0.1) is 0 Å². The van der Waals surface area contributed by atoms with Crippen molar-refractivity contribution in [3.63, 3.8) is 0 Å². The standard InChI is InChI=1S/C16H15FN4O2S/c1-10-8-12(17)4-7-15(10)24(22,23)21-13-5-2-11(3-6-13)14-9-19-16(18)20-14/h2-9,21H,1H3,(H3,18,19,20). The molecule has 1 aromatic heterocycles. The molecule has 0 aliphatic heterocycles. The normalized spacial score (nSPS) is 11.4. The molecule has 0 aliphatic carbocycles. The van der Waals surface area contributed by atoms with Gasteiger partial charge in [0.2, 0.25) is 0 Å². The molecule has 0 saturated carbocycles. The Kier molecular flexibility index (Phi) is 3.98. The van der Waals surface area contributed by atoms with E-state index in [9.17, 15) is 12.8 Å². The number of aromatic amines is 1. The van der Waals surface area contributed by atoms with Gasteiger partial charge in [0.05, 0.1) is 16.8 Å². The fourth-order valence-corrected chi connectivity index (χ4v) is 3.61. The third-order valence-corrected chi connectivity index (χ3v) is 5.01. The van der Waals surface area contributed by atoms with Crippen molar-refractivity contribution in [2.45, 2.75) is 11.8 Å². The summed E-state index contributed by atoms with van der Waals surface area (Å²) in [6, 6.07) is 10.3. The first kappa shape index (κ1) is 16.0.